The molecule has 0 spiro atoms. The summed E-state index contributed by atoms with van der Waals surface area (Å²) in [5.74, 6) is 0.695. The molecule has 2 N–H and O–H groups in total. The predicted molar refractivity (Wildman–Crippen MR) is 92.2 cm³/mol. The molecule has 0 aliphatic carbocycles. The van der Waals surface area contributed by atoms with Gasteiger partial charge in [0.2, 0.25) is 5.91 Å². The van der Waals surface area contributed by atoms with E-state index in [-0.39, 0.29) is 5.91 Å². The smallest absolute Gasteiger partial charge is 0.234 e. The van der Waals surface area contributed by atoms with Gasteiger partial charge in [0.05, 0.1) is 5.75 Å². The van der Waals surface area contributed by atoms with Crippen molar-refractivity contribution in [2.24, 2.45) is 0 Å². The summed E-state index contributed by atoms with van der Waals surface area (Å²) in [6, 6.07) is 6.29. The maximum absolute atomic E-state index is 12.2. The number of carbonyl (C=O) groups excluding carboxylic acids is 1. The topological polar surface area (TPSA) is 41.1 Å². The van der Waals surface area contributed by atoms with Gasteiger partial charge in [-0.3, -0.25) is 4.79 Å². The van der Waals surface area contributed by atoms with Crippen LogP contribution in [0.2, 0.25) is 0 Å². The zero-order chi connectivity index (χ0) is 15.1. The van der Waals surface area contributed by atoms with Gasteiger partial charge in [0.1, 0.15) is 0 Å². The molecule has 1 aromatic rings. The molecule has 0 unspecified atom stereocenters. The van der Waals surface area contributed by atoms with Crippen LogP contribution in [-0.4, -0.2) is 30.0 Å². The largest absolute Gasteiger partial charge is 0.325 e. The fourth-order valence-electron chi connectivity index (χ4n) is 2.73. The number of rotatable bonds is 6. The van der Waals surface area contributed by atoms with Crippen LogP contribution in [0.4, 0.5) is 5.69 Å². The summed E-state index contributed by atoms with van der Waals surface area (Å²) < 4.78 is 0. The predicted octanol–water partition coefficient (Wildman–Crippen LogP) is 3.24. The van der Waals surface area contributed by atoms with Gasteiger partial charge in [0.15, 0.2) is 0 Å². The van der Waals surface area contributed by atoms with E-state index < -0.39 is 0 Å². The Balaban J connectivity index is 1.92. The van der Waals surface area contributed by atoms with Crippen LogP contribution in [0.3, 0.4) is 0 Å². The molecule has 4 heteroatoms. The second kappa shape index (κ2) is 8.44. The number of benzene rings is 1. The molecule has 0 saturated carbocycles. The highest BCUT2D eigenvalue weighted by atomic mass is 32.2. The number of thioether (sulfide) groups is 1. The molecule has 1 aliphatic heterocycles. The van der Waals surface area contributed by atoms with Crippen molar-refractivity contribution >= 4 is 23.4 Å². The number of hydrogen-bond donors (Lipinski definition) is 2. The molecule has 1 fully saturated rings. The number of nitrogens with one attached hydrogen (secondary N) is 2. The highest BCUT2D eigenvalue weighted by molar-refractivity contribution is 8.00. The Bertz CT molecular complexity index is 448. The molecule has 1 amide bonds. The van der Waals surface area contributed by atoms with Gasteiger partial charge in [-0.1, -0.05) is 32.0 Å². The van der Waals surface area contributed by atoms with Gasteiger partial charge in [0.25, 0.3) is 0 Å². The summed E-state index contributed by atoms with van der Waals surface area (Å²) >= 11 is 1.80. The minimum Gasteiger partial charge on any atom is -0.325 e. The molecule has 1 aliphatic rings. The first-order valence-electron chi connectivity index (χ1n) is 7.97. The number of piperidine rings is 1. The third kappa shape index (κ3) is 4.75. The van der Waals surface area contributed by atoms with Crippen LogP contribution < -0.4 is 10.6 Å². The van der Waals surface area contributed by atoms with Crippen molar-refractivity contribution in [3.05, 3.63) is 29.3 Å². The summed E-state index contributed by atoms with van der Waals surface area (Å²) in [5, 5.41) is 7.13. The molecule has 0 aromatic heterocycles. The van der Waals surface area contributed by atoms with Crippen LogP contribution in [0.5, 0.6) is 0 Å². The van der Waals surface area contributed by atoms with Crippen molar-refractivity contribution in [1.29, 1.82) is 0 Å². The molecule has 3 nitrogen and oxygen atoms in total. The van der Waals surface area contributed by atoms with Gasteiger partial charge in [0, 0.05) is 10.9 Å². The average Bonchev–Trinajstić information content (AvgIpc) is 2.54. The van der Waals surface area contributed by atoms with E-state index in [9.17, 15) is 4.79 Å². The first kappa shape index (κ1) is 16.4. The van der Waals surface area contributed by atoms with Gasteiger partial charge >= 0.3 is 0 Å². The molecule has 21 heavy (non-hydrogen) atoms. The summed E-state index contributed by atoms with van der Waals surface area (Å²) in [7, 11) is 0. The van der Waals surface area contributed by atoms with E-state index in [0.29, 0.717) is 11.0 Å². The molecular formula is C17H26N2OS. The Labute approximate surface area is 132 Å². The first-order valence-corrected chi connectivity index (χ1v) is 9.02. The third-order valence-electron chi connectivity index (χ3n) is 4.00. The second-order valence-electron chi connectivity index (χ2n) is 5.47. The van der Waals surface area contributed by atoms with E-state index >= 15 is 0 Å². The van der Waals surface area contributed by atoms with Gasteiger partial charge in [-0.2, -0.15) is 0 Å². The molecule has 116 valence electrons. The Morgan fingerprint density at radius 3 is 2.43 bits per heavy atom. The molecule has 0 bridgehead atoms. The van der Waals surface area contributed by atoms with Crippen LogP contribution in [0, 0.1) is 0 Å². The molecule has 1 heterocycles. The van der Waals surface area contributed by atoms with Crippen molar-refractivity contribution in [1.82, 2.24) is 5.32 Å². The second-order valence-corrected chi connectivity index (χ2v) is 6.76. The number of aryl methyl sites for hydroxylation is 2. The summed E-state index contributed by atoms with van der Waals surface area (Å²) in [5.41, 5.74) is 3.50. The lowest BCUT2D eigenvalue weighted by Crippen LogP contribution is -2.30. The highest BCUT2D eigenvalue weighted by Gasteiger charge is 2.16. The molecule has 1 saturated heterocycles. The number of amides is 1. The Hall–Kier alpha value is -1.000. The van der Waals surface area contributed by atoms with Gasteiger partial charge in [-0.25, -0.2) is 0 Å². The van der Waals surface area contributed by atoms with E-state index in [0.717, 1.165) is 31.6 Å². The van der Waals surface area contributed by atoms with Crippen LogP contribution in [0.15, 0.2) is 18.2 Å². The van der Waals surface area contributed by atoms with Crippen molar-refractivity contribution < 1.29 is 4.79 Å². The SMILES string of the molecule is CCc1cccc(CC)c1NC(=O)CSC1CCNCC1. The maximum atomic E-state index is 12.2. The number of hydrogen-bond acceptors (Lipinski definition) is 3. The zero-order valence-electron chi connectivity index (χ0n) is 13.1. The molecule has 2 rings (SSSR count). The maximum Gasteiger partial charge on any atom is 0.234 e. The Morgan fingerprint density at radius 1 is 1.24 bits per heavy atom. The first-order chi connectivity index (χ1) is 10.2. The third-order valence-corrected chi connectivity index (χ3v) is 5.37. The lowest BCUT2D eigenvalue weighted by Gasteiger charge is -2.22. The van der Waals surface area contributed by atoms with Crippen molar-refractivity contribution in [2.75, 3.05) is 24.2 Å². The molecular weight excluding hydrogens is 280 g/mol. The number of para-hydroxylation sites is 1. The van der Waals surface area contributed by atoms with E-state index in [4.69, 9.17) is 0 Å². The number of anilines is 1. The minimum atomic E-state index is 0.133. The van der Waals surface area contributed by atoms with E-state index in [1.807, 2.05) is 0 Å². The van der Waals surface area contributed by atoms with Gasteiger partial charge < -0.3 is 10.6 Å². The summed E-state index contributed by atoms with van der Waals surface area (Å²) in [6.07, 6.45) is 4.24. The van der Waals surface area contributed by atoms with E-state index in [1.165, 1.54) is 24.0 Å². The van der Waals surface area contributed by atoms with Gasteiger partial charge in [-0.15, -0.1) is 11.8 Å². The van der Waals surface area contributed by atoms with Crippen molar-refractivity contribution in [3.63, 3.8) is 0 Å². The molecule has 0 radical (unpaired) electrons. The fourth-order valence-corrected chi connectivity index (χ4v) is 3.76. The zero-order valence-corrected chi connectivity index (χ0v) is 13.9. The van der Waals surface area contributed by atoms with Gasteiger partial charge in [-0.05, 0) is 49.9 Å². The quantitative estimate of drug-likeness (QED) is 0.848. The van der Waals surface area contributed by atoms with Crippen LogP contribution in [0.25, 0.3) is 0 Å². The lowest BCUT2D eigenvalue weighted by molar-refractivity contribution is -0.113. The number of carbonyl (C=O) groups is 1. The minimum absolute atomic E-state index is 0.133. The van der Waals surface area contributed by atoms with E-state index in [1.54, 1.807) is 11.8 Å². The summed E-state index contributed by atoms with van der Waals surface area (Å²) in [4.78, 5) is 12.2. The average molecular weight is 306 g/mol. The lowest BCUT2D eigenvalue weighted by atomic mass is 10.0. The standard InChI is InChI=1S/C17H26N2OS/c1-3-13-6-5-7-14(4-2)17(13)19-16(20)12-21-15-8-10-18-11-9-15/h5-7,15,18H,3-4,8-12H2,1-2H3,(H,19,20). The van der Waals surface area contributed by atoms with Crippen LogP contribution in [-0.2, 0) is 17.6 Å². The molecule has 1 aromatic carbocycles. The van der Waals surface area contributed by atoms with Crippen molar-refractivity contribution in [2.45, 2.75) is 44.8 Å². The monoisotopic (exact) mass is 306 g/mol. The molecule has 0 atom stereocenters. The normalized spacial score (nSPS) is 15.9. The van der Waals surface area contributed by atoms with Crippen LogP contribution >= 0.6 is 11.8 Å². The Kier molecular flexibility index (Phi) is 6.58. The highest BCUT2D eigenvalue weighted by Crippen LogP contribution is 2.24. The van der Waals surface area contributed by atoms with Crippen molar-refractivity contribution in [3.8, 4) is 0 Å². The summed E-state index contributed by atoms with van der Waals surface area (Å²) in [6.45, 7) is 6.43. The van der Waals surface area contributed by atoms with E-state index in [2.05, 4.69) is 42.7 Å². The fraction of sp³-hybridized carbons (Fsp3) is 0.588. The van der Waals surface area contributed by atoms with Crippen LogP contribution in [0.1, 0.15) is 37.8 Å². The Morgan fingerprint density at radius 2 is 1.86 bits per heavy atom.